The summed E-state index contributed by atoms with van der Waals surface area (Å²) in [5.41, 5.74) is 1.52. The van der Waals surface area contributed by atoms with Gasteiger partial charge in [-0.05, 0) is 24.6 Å². The Morgan fingerprint density at radius 2 is 2.21 bits per heavy atom. The van der Waals surface area contributed by atoms with Gasteiger partial charge in [0.2, 0.25) is 11.6 Å². The highest BCUT2D eigenvalue weighted by Gasteiger charge is 2.28. The number of allylic oxidation sites excluding steroid dienone is 1. The zero-order chi connectivity index (χ0) is 14.2. The van der Waals surface area contributed by atoms with Gasteiger partial charge in [0, 0.05) is 0 Å². The lowest BCUT2D eigenvalue weighted by molar-refractivity contribution is -0.378. The fraction of sp³-hybridized carbons (Fsp3) is 0.182. The van der Waals surface area contributed by atoms with Crippen molar-refractivity contribution < 1.29 is 10.0 Å². The third-order valence-electron chi connectivity index (χ3n) is 2.49. The van der Waals surface area contributed by atoms with E-state index in [1.807, 2.05) is 13.0 Å². The van der Waals surface area contributed by atoms with Crippen molar-refractivity contribution in [1.29, 1.82) is 0 Å². The van der Waals surface area contributed by atoms with Crippen LogP contribution in [0.1, 0.15) is 11.4 Å². The van der Waals surface area contributed by atoms with E-state index in [4.69, 9.17) is 23.2 Å². The number of halogens is 2. The predicted molar refractivity (Wildman–Crippen MR) is 72.9 cm³/mol. The van der Waals surface area contributed by atoms with Crippen LogP contribution in [0.3, 0.4) is 0 Å². The van der Waals surface area contributed by atoms with Crippen molar-refractivity contribution in [3.8, 4) is 0 Å². The summed E-state index contributed by atoms with van der Waals surface area (Å²) in [5, 5.41) is 20.6. The van der Waals surface area contributed by atoms with Crippen LogP contribution in [0.4, 0.5) is 0 Å². The maximum Gasteiger partial charge on any atom is 0.351 e. The van der Waals surface area contributed by atoms with Gasteiger partial charge >= 0.3 is 5.70 Å². The number of fused-ring (bicyclic) bond motifs is 1. The highest BCUT2D eigenvalue weighted by Crippen LogP contribution is 2.24. The molecule has 1 heterocycles. The van der Waals surface area contributed by atoms with Gasteiger partial charge in [-0.15, -0.1) is 0 Å². The molecule has 2 N–H and O–H groups in total. The molecule has 6 nitrogen and oxygen atoms in total. The molecule has 0 saturated carbocycles. The van der Waals surface area contributed by atoms with Gasteiger partial charge in [0.15, 0.2) is 4.84 Å². The second-order valence-corrected chi connectivity index (χ2v) is 4.99. The number of nitrogens with zero attached hydrogens (tertiary/aromatic N) is 2. The number of nitrogens with one attached hydrogen (secondary N) is 1. The Bertz CT molecular complexity index is 679. The second-order valence-electron chi connectivity index (χ2n) is 3.90. The average molecular weight is 302 g/mol. The maximum absolute atomic E-state index is 11.0. The van der Waals surface area contributed by atoms with Crippen LogP contribution in [0.2, 0.25) is 0 Å². The number of hydrogen-bond acceptors (Lipinski definition) is 4. The molecule has 2 aromatic rings. The molecule has 8 heteroatoms. The molecule has 0 radical (unpaired) electrons. The molecule has 1 aromatic carbocycles. The Hall–Kier alpha value is -1.79. The Kier molecular flexibility index (Phi) is 3.64. The number of aliphatic hydroxyl groups is 1. The molecule has 0 fully saturated rings. The monoisotopic (exact) mass is 301 g/mol. The van der Waals surface area contributed by atoms with Crippen LogP contribution in [0.25, 0.3) is 16.7 Å². The lowest BCUT2D eigenvalue weighted by Gasteiger charge is -2.00. The topological polar surface area (TPSA) is 92.1 Å². The van der Waals surface area contributed by atoms with E-state index in [1.165, 1.54) is 0 Å². The number of aliphatic hydroxyl groups excluding tert-OH is 1. The Morgan fingerprint density at radius 1 is 1.53 bits per heavy atom. The number of hydrogen-bond donors (Lipinski definition) is 2. The molecular formula is C11H9Cl2N3O3. The van der Waals surface area contributed by atoms with Gasteiger partial charge in [0.05, 0.1) is 16.0 Å². The second kappa shape index (κ2) is 5.07. The molecule has 0 spiro atoms. The van der Waals surface area contributed by atoms with Gasteiger partial charge in [-0.3, -0.25) is 10.1 Å². The number of imidazole rings is 1. The summed E-state index contributed by atoms with van der Waals surface area (Å²) >= 11 is 10.9. The Balaban J connectivity index is 2.64. The standard InChI is InChI=1S/C11H9Cl2N3O3/c1-5-2-3-6-7(4-5)15-11(14-6)8(16(18)19)9(17)10(12)13/h2-4,10,17H,1H3,(H,14,15). The lowest BCUT2D eigenvalue weighted by Crippen LogP contribution is -2.08. The van der Waals surface area contributed by atoms with Gasteiger partial charge in [0.25, 0.3) is 0 Å². The molecule has 0 atom stereocenters. The summed E-state index contributed by atoms with van der Waals surface area (Å²) in [6.45, 7) is 1.88. The molecular weight excluding hydrogens is 293 g/mol. The van der Waals surface area contributed by atoms with Gasteiger partial charge in [-0.2, -0.15) is 0 Å². The molecule has 100 valence electrons. The zero-order valence-electron chi connectivity index (χ0n) is 9.72. The third-order valence-corrected chi connectivity index (χ3v) is 2.91. The number of nitro groups is 1. The first-order valence-corrected chi connectivity index (χ1v) is 6.10. The van der Waals surface area contributed by atoms with E-state index in [0.29, 0.717) is 11.0 Å². The van der Waals surface area contributed by atoms with Crippen LogP contribution < -0.4 is 0 Å². The van der Waals surface area contributed by atoms with Gasteiger partial charge < -0.3 is 10.1 Å². The van der Waals surface area contributed by atoms with E-state index in [1.54, 1.807) is 12.1 Å². The molecule has 0 aliphatic rings. The fourth-order valence-electron chi connectivity index (χ4n) is 1.64. The van der Waals surface area contributed by atoms with Crippen molar-refractivity contribution >= 4 is 39.9 Å². The normalized spacial score (nSPS) is 12.8. The van der Waals surface area contributed by atoms with Crippen LogP contribution in [-0.2, 0) is 0 Å². The number of aryl methyl sites for hydroxylation is 1. The summed E-state index contributed by atoms with van der Waals surface area (Å²) in [7, 11) is 0. The number of aromatic amines is 1. The minimum Gasteiger partial charge on any atom is -0.504 e. The summed E-state index contributed by atoms with van der Waals surface area (Å²) < 4.78 is 0. The Labute approximate surface area is 117 Å². The van der Waals surface area contributed by atoms with Crippen LogP contribution in [0.5, 0.6) is 0 Å². The third kappa shape index (κ3) is 2.64. The smallest absolute Gasteiger partial charge is 0.351 e. The van der Waals surface area contributed by atoms with Crippen molar-refractivity contribution in [1.82, 2.24) is 9.97 Å². The first-order valence-electron chi connectivity index (χ1n) is 5.22. The zero-order valence-corrected chi connectivity index (χ0v) is 11.2. The van der Waals surface area contributed by atoms with Crippen molar-refractivity contribution in [2.24, 2.45) is 0 Å². The van der Waals surface area contributed by atoms with Gasteiger partial charge in [-0.1, -0.05) is 29.3 Å². The minimum atomic E-state index is -1.39. The van der Waals surface area contributed by atoms with Gasteiger partial charge in [-0.25, -0.2) is 4.98 Å². The number of aromatic nitrogens is 2. The lowest BCUT2D eigenvalue weighted by atomic mass is 10.2. The van der Waals surface area contributed by atoms with Crippen molar-refractivity contribution in [2.75, 3.05) is 0 Å². The number of rotatable bonds is 3. The van der Waals surface area contributed by atoms with E-state index >= 15 is 0 Å². The molecule has 0 aliphatic carbocycles. The van der Waals surface area contributed by atoms with Crippen molar-refractivity contribution in [3.05, 3.63) is 45.5 Å². The van der Waals surface area contributed by atoms with E-state index < -0.39 is 21.2 Å². The first-order chi connectivity index (χ1) is 8.90. The van der Waals surface area contributed by atoms with Crippen molar-refractivity contribution in [2.45, 2.75) is 11.8 Å². The number of alkyl halides is 2. The van der Waals surface area contributed by atoms with Crippen LogP contribution in [0.15, 0.2) is 24.0 Å². The van der Waals surface area contributed by atoms with Crippen molar-refractivity contribution in [3.63, 3.8) is 0 Å². The van der Waals surface area contributed by atoms with Crippen LogP contribution in [-0.4, -0.2) is 24.8 Å². The summed E-state index contributed by atoms with van der Waals surface area (Å²) in [6.07, 6.45) is 0. The minimum absolute atomic E-state index is 0.0885. The number of H-pyrrole nitrogens is 1. The summed E-state index contributed by atoms with van der Waals surface area (Å²) in [5.74, 6) is -0.835. The molecule has 1 aromatic heterocycles. The van der Waals surface area contributed by atoms with Crippen LogP contribution in [0, 0.1) is 17.0 Å². The van der Waals surface area contributed by atoms with E-state index in [2.05, 4.69) is 9.97 Å². The summed E-state index contributed by atoms with van der Waals surface area (Å²) in [4.78, 5) is 15.6. The molecule has 19 heavy (non-hydrogen) atoms. The number of benzene rings is 1. The van der Waals surface area contributed by atoms with Crippen LogP contribution >= 0.6 is 23.2 Å². The molecule has 0 saturated heterocycles. The quantitative estimate of drug-likeness (QED) is 0.394. The first kappa shape index (κ1) is 13.6. The maximum atomic E-state index is 11.0. The predicted octanol–water partition coefficient (Wildman–Crippen LogP) is 3.18. The largest absolute Gasteiger partial charge is 0.504 e. The highest BCUT2D eigenvalue weighted by molar-refractivity contribution is 6.46. The highest BCUT2D eigenvalue weighted by atomic mass is 35.5. The van der Waals surface area contributed by atoms with Gasteiger partial charge in [0.1, 0.15) is 0 Å². The molecule has 0 bridgehead atoms. The van der Waals surface area contributed by atoms with E-state index in [-0.39, 0.29) is 5.82 Å². The average Bonchev–Trinajstić information content (AvgIpc) is 2.70. The van der Waals surface area contributed by atoms with E-state index in [0.717, 1.165) is 5.56 Å². The molecule has 0 aliphatic heterocycles. The van der Waals surface area contributed by atoms with E-state index in [9.17, 15) is 15.2 Å². The molecule has 0 amide bonds. The molecule has 0 unspecified atom stereocenters. The molecule has 2 rings (SSSR count). The SMILES string of the molecule is Cc1ccc2nc(C(=C(O)C(Cl)Cl)[N+](=O)[O-])[nH]c2c1. The Morgan fingerprint density at radius 3 is 2.79 bits per heavy atom. The summed E-state index contributed by atoms with van der Waals surface area (Å²) in [6, 6.07) is 5.34. The fourth-order valence-corrected chi connectivity index (χ4v) is 1.85.